The summed E-state index contributed by atoms with van der Waals surface area (Å²) in [5.74, 6) is 0.511. The highest BCUT2D eigenvalue weighted by Gasteiger charge is 2.13. The molecule has 3 heterocycles. The lowest BCUT2D eigenvalue weighted by molar-refractivity contribution is 0.625. The predicted molar refractivity (Wildman–Crippen MR) is 126 cm³/mol. The lowest BCUT2D eigenvalue weighted by atomic mass is 10.1. The van der Waals surface area contributed by atoms with Crippen LogP contribution < -0.4 is 5.32 Å². The summed E-state index contributed by atoms with van der Waals surface area (Å²) in [4.78, 5) is 18.3. The van der Waals surface area contributed by atoms with Crippen molar-refractivity contribution in [3.63, 3.8) is 0 Å². The molecule has 1 N–H and O–H groups in total. The maximum atomic E-state index is 13.6. The number of fused-ring (bicyclic) bond motifs is 1. The van der Waals surface area contributed by atoms with Crippen LogP contribution in [-0.4, -0.2) is 29.7 Å². The fraction of sp³-hybridized carbons (Fsp3) is 0.160. The second kappa shape index (κ2) is 8.05. The summed E-state index contributed by atoms with van der Waals surface area (Å²) in [6.45, 7) is 7.97. The minimum atomic E-state index is -0.313. The van der Waals surface area contributed by atoms with E-state index >= 15 is 0 Å². The van der Waals surface area contributed by atoms with Gasteiger partial charge in [-0.3, -0.25) is 5.32 Å². The number of nitrogens with zero attached hydrogens (tertiary/aromatic N) is 6. The highest BCUT2D eigenvalue weighted by atomic mass is 19.1. The molecule has 0 fully saturated rings. The van der Waals surface area contributed by atoms with Crippen molar-refractivity contribution in [2.75, 3.05) is 5.32 Å². The van der Waals surface area contributed by atoms with E-state index in [0.29, 0.717) is 23.3 Å². The Balaban J connectivity index is 1.48. The third-order valence-electron chi connectivity index (χ3n) is 5.45. The Morgan fingerprint density at radius 2 is 1.73 bits per heavy atom. The number of hydrogen-bond donors (Lipinski definition) is 1. The van der Waals surface area contributed by atoms with Gasteiger partial charge in [-0.25, -0.2) is 29.0 Å². The number of nitrogens with one attached hydrogen (secondary N) is 1. The van der Waals surface area contributed by atoms with Gasteiger partial charge in [0, 0.05) is 23.3 Å². The molecular weight excluding hydrogens is 417 g/mol. The van der Waals surface area contributed by atoms with Gasteiger partial charge in [0.15, 0.2) is 0 Å². The fourth-order valence-corrected chi connectivity index (χ4v) is 3.92. The van der Waals surface area contributed by atoms with Crippen molar-refractivity contribution in [1.29, 1.82) is 0 Å². The van der Waals surface area contributed by atoms with Crippen LogP contribution in [0.1, 0.15) is 22.5 Å². The summed E-state index contributed by atoms with van der Waals surface area (Å²) in [5.41, 5.74) is 6.99. The van der Waals surface area contributed by atoms with E-state index in [9.17, 15) is 4.39 Å². The molecule has 0 saturated heterocycles. The second-order valence-electron chi connectivity index (χ2n) is 8.05. The maximum absolute atomic E-state index is 13.6. The number of benzene rings is 2. The molecule has 0 bridgehead atoms. The van der Waals surface area contributed by atoms with E-state index in [4.69, 9.17) is 0 Å². The van der Waals surface area contributed by atoms with Crippen molar-refractivity contribution in [2.24, 2.45) is 0 Å². The molecule has 0 spiro atoms. The number of halogens is 1. The molecule has 0 aliphatic rings. The first-order chi connectivity index (χ1) is 15.9. The van der Waals surface area contributed by atoms with Gasteiger partial charge in [0.1, 0.15) is 5.82 Å². The molecule has 8 heteroatoms. The first kappa shape index (κ1) is 20.7. The van der Waals surface area contributed by atoms with E-state index < -0.39 is 0 Å². The van der Waals surface area contributed by atoms with Crippen molar-refractivity contribution in [3.8, 4) is 16.9 Å². The van der Waals surface area contributed by atoms with Crippen LogP contribution in [0.5, 0.6) is 0 Å². The normalized spacial score (nSPS) is 11.2. The smallest absolute Gasteiger partial charge is 0.230 e. The summed E-state index contributed by atoms with van der Waals surface area (Å²) in [7, 11) is 0. The third kappa shape index (κ3) is 4.03. The topological polar surface area (TPSA) is 81.4 Å². The first-order valence-electron chi connectivity index (χ1n) is 10.6. The Morgan fingerprint density at radius 3 is 2.55 bits per heavy atom. The number of hydrogen-bond acceptors (Lipinski definition) is 6. The van der Waals surface area contributed by atoms with Crippen LogP contribution in [0, 0.1) is 33.5 Å². The molecule has 5 rings (SSSR count). The van der Waals surface area contributed by atoms with E-state index in [2.05, 4.69) is 49.4 Å². The molecule has 0 aliphatic carbocycles. The average molecular weight is 439 g/mol. The molecule has 0 unspecified atom stereocenters. The van der Waals surface area contributed by atoms with Gasteiger partial charge in [-0.05, 0) is 63.6 Å². The van der Waals surface area contributed by atoms with E-state index in [1.54, 1.807) is 23.0 Å². The van der Waals surface area contributed by atoms with Crippen LogP contribution in [0.4, 0.5) is 16.3 Å². The highest BCUT2D eigenvalue weighted by molar-refractivity contribution is 5.85. The van der Waals surface area contributed by atoms with Crippen LogP contribution >= 0.6 is 0 Å². The van der Waals surface area contributed by atoms with E-state index in [0.717, 1.165) is 33.4 Å². The minimum absolute atomic E-state index is 0.313. The Morgan fingerprint density at radius 1 is 0.879 bits per heavy atom. The monoisotopic (exact) mass is 439 g/mol. The summed E-state index contributed by atoms with van der Waals surface area (Å²) in [6, 6.07) is 12.3. The third-order valence-corrected chi connectivity index (χ3v) is 5.45. The molecule has 0 radical (unpaired) electrons. The Labute approximate surface area is 190 Å². The van der Waals surface area contributed by atoms with Gasteiger partial charge in [-0.1, -0.05) is 17.7 Å². The van der Waals surface area contributed by atoms with Crippen LogP contribution in [0.2, 0.25) is 0 Å². The first-order valence-corrected chi connectivity index (χ1v) is 10.6. The van der Waals surface area contributed by atoms with Crippen molar-refractivity contribution in [2.45, 2.75) is 27.7 Å². The van der Waals surface area contributed by atoms with Crippen LogP contribution in [0.15, 0.2) is 54.9 Å². The fourth-order valence-electron chi connectivity index (χ4n) is 3.92. The van der Waals surface area contributed by atoms with Crippen molar-refractivity contribution >= 4 is 22.8 Å². The zero-order chi connectivity index (χ0) is 23.1. The van der Waals surface area contributed by atoms with Crippen LogP contribution in [0.25, 0.3) is 27.8 Å². The largest absolute Gasteiger partial charge is 0.293 e. The van der Waals surface area contributed by atoms with Gasteiger partial charge in [-0.15, -0.1) is 0 Å². The summed E-state index contributed by atoms with van der Waals surface area (Å²) >= 11 is 0. The molecule has 3 aromatic heterocycles. The van der Waals surface area contributed by atoms with Gasteiger partial charge in [0.25, 0.3) is 0 Å². The van der Waals surface area contributed by atoms with E-state index in [1.807, 2.05) is 33.0 Å². The minimum Gasteiger partial charge on any atom is -0.293 e. The van der Waals surface area contributed by atoms with Crippen LogP contribution in [-0.2, 0) is 0 Å². The second-order valence-corrected chi connectivity index (χ2v) is 8.05. The zero-order valence-electron chi connectivity index (χ0n) is 18.8. The number of anilines is 2. The molecule has 0 saturated carbocycles. The molecule has 0 aliphatic heterocycles. The van der Waals surface area contributed by atoms with Gasteiger partial charge >= 0.3 is 0 Å². The quantitative estimate of drug-likeness (QED) is 0.404. The molecule has 2 aromatic carbocycles. The molecule has 33 heavy (non-hydrogen) atoms. The van der Waals surface area contributed by atoms with Crippen LogP contribution in [0.3, 0.4) is 0 Å². The molecule has 0 amide bonds. The lowest BCUT2D eigenvalue weighted by Crippen LogP contribution is -2.04. The Kier molecular flexibility index (Phi) is 5.05. The molecule has 164 valence electrons. The predicted octanol–water partition coefficient (Wildman–Crippen LogP) is 5.39. The lowest BCUT2D eigenvalue weighted by Gasteiger charge is -2.10. The van der Waals surface area contributed by atoms with E-state index in [1.165, 1.54) is 17.7 Å². The zero-order valence-corrected chi connectivity index (χ0v) is 18.8. The SMILES string of the molecule is Cc1cc(C)c2nc(Nc3nccc(-c4cn(-c5cccc(F)c5)nc4C)n3)nc(C)c2c1. The molecule has 5 aromatic rings. The summed E-state index contributed by atoms with van der Waals surface area (Å²) in [6.07, 6.45) is 3.50. The Hall–Kier alpha value is -4.20. The maximum Gasteiger partial charge on any atom is 0.230 e. The standard InChI is InChI=1S/C25H22FN7/c1-14-10-15(2)23-20(11-14)16(3)28-25(30-23)31-24-27-9-8-22(29-24)21-13-33(32-17(21)4)19-7-5-6-18(26)12-19/h5-13H,1-4H3,(H,27,28,29,30,31). The van der Waals surface area contributed by atoms with Crippen molar-refractivity contribution < 1.29 is 4.39 Å². The summed E-state index contributed by atoms with van der Waals surface area (Å²) < 4.78 is 15.3. The molecule has 7 nitrogen and oxygen atoms in total. The molecule has 0 atom stereocenters. The van der Waals surface area contributed by atoms with Crippen molar-refractivity contribution in [1.82, 2.24) is 29.7 Å². The van der Waals surface area contributed by atoms with Gasteiger partial charge in [0.2, 0.25) is 11.9 Å². The number of aryl methyl sites for hydroxylation is 4. The molecular formula is C25H22FN7. The van der Waals surface area contributed by atoms with Crippen molar-refractivity contribution in [3.05, 3.63) is 83.2 Å². The van der Waals surface area contributed by atoms with Gasteiger partial charge in [-0.2, -0.15) is 5.10 Å². The van der Waals surface area contributed by atoms with Gasteiger partial charge < -0.3 is 0 Å². The Bertz CT molecular complexity index is 1510. The number of aromatic nitrogens is 6. The number of rotatable bonds is 4. The van der Waals surface area contributed by atoms with E-state index in [-0.39, 0.29) is 5.82 Å². The summed E-state index contributed by atoms with van der Waals surface area (Å²) in [5, 5.41) is 8.69. The highest BCUT2D eigenvalue weighted by Crippen LogP contribution is 2.25. The van der Waals surface area contributed by atoms with Gasteiger partial charge in [0.05, 0.1) is 28.3 Å². The average Bonchev–Trinajstić information content (AvgIpc) is 3.17.